The predicted molar refractivity (Wildman–Crippen MR) is 76.2 cm³/mol. The molecule has 4 heteroatoms. The Hall–Kier alpha value is -0.900. The summed E-state index contributed by atoms with van der Waals surface area (Å²) >= 11 is 9.08. The smallest absolute Gasteiger partial charge is 0.137 e. The van der Waals surface area contributed by atoms with Gasteiger partial charge in [-0.2, -0.15) is 0 Å². The fraction of sp³-hybridized carbons (Fsp3) is 0.143. The second-order valence-corrected chi connectivity index (χ2v) is 5.40. The van der Waals surface area contributed by atoms with Gasteiger partial charge in [0.2, 0.25) is 0 Å². The van der Waals surface area contributed by atoms with Gasteiger partial charge in [0.15, 0.2) is 0 Å². The van der Waals surface area contributed by atoms with E-state index in [4.69, 9.17) is 17.3 Å². The van der Waals surface area contributed by atoms with Crippen LogP contribution in [0, 0.1) is 5.82 Å². The number of nitrogens with two attached hydrogens (primary N) is 1. The van der Waals surface area contributed by atoms with Crippen molar-refractivity contribution < 1.29 is 4.39 Å². The minimum absolute atomic E-state index is 0.180. The summed E-state index contributed by atoms with van der Waals surface area (Å²) in [5.41, 5.74) is 8.07. The van der Waals surface area contributed by atoms with Crippen LogP contribution in [-0.2, 0) is 6.42 Å². The number of hydrogen-bond donors (Lipinski definition) is 1. The molecule has 18 heavy (non-hydrogen) atoms. The van der Waals surface area contributed by atoms with Crippen LogP contribution in [0.4, 0.5) is 4.39 Å². The van der Waals surface area contributed by atoms with E-state index in [1.54, 1.807) is 12.1 Å². The van der Waals surface area contributed by atoms with Crippen molar-refractivity contribution in [2.24, 2.45) is 5.73 Å². The van der Waals surface area contributed by atoms with Crippen molar-refractivity contribution in [2.45, 2.75) is 12.5 Å². The third-order valence-corrected chi connectivity index (χ3v) is 3.56. The average molecular weight is 329 g/mol. The third-order valence-electron chi connectivity index (χ3n) is 2.72. The maximum Gasteiger partial charge on any atom is 0.137 e. The van der Waals surface area contributed by atoms with Gasteiger partial charge in [0, 0.05) is 11.1 Å². The molecule has 0 saturated heterocycles. The summed E-state index contributed by atoms with van der Waals surface area (Å²) in [6, 6.07) is 12.2. The van der Waals surface area contributed by atoms with Gasteiger partial charge in [0.05, 0.1) is 4.47 Å². The normalized spacial score (nSPS) is 12.4. The van der Waals surface area contributed by atoms with Crippen molar-refractivity contribution in [3.8, 4) is 0 Å². The molecular formula is C14H12BrClFN. The van der Waals surface area contributed by atoms with E-state index in [0.29, 0.717) is 15.9 Å². The maximum absolute atomic E-state index is 13.1. The zero-order valence-electron chi connectivity index (χ0n) is 9.54. The Kier molecular flexibility index (Phi) is 4.38. The zero-order chi connectivity index (χ0) is 13.1. The molecule has 2 aromatic rings. The van der Waals surface area contributed by atoms with Crippen LogP contribution in [-0.4, -0.2) is 0 Å². The Balaban J connectivity index is 2.16. The van der Waals surface area contributed by atoms with Crippen LogP contribution in [0.2, 0.25) is 5.02 Å². The average Bonchev–Trinajstić information content (AvgIpc) is 2.32. The van der Waals surface area contributed by atoms with Gasteiger partial charge in [0.1, 0.15) is 5.82 Å². The van der Waals surface area contributed by atoms with Gasteiger partial charge in [0.25, 0.3) is 0 Å². The third kappa shape index (κ3) is 3.31. The summed E-state index contributed by atoms with van der Waals surface area (Å²) < 4.78 is 13.6. The van der Waals surface area contributed by atoms with E-state index in [2.05, 4.69) is 15.9 Å². The summed E-state index contributed by atoms with van der Waals surface area (Å²) in [6.07, 6.45) is 0.665. The Morgan fingerprint density at radius 1 is 1.22 bits per heavy atom. The van der Waals surface area contributed by atoms with Crippen LogP contribution in [0.1, 0.15) is 17.2 Å². The number of hydrogen-bond acceptors (Lipinski definition) is 1. The Morgan fingerprint density at radius 2 is 2.00 bits per heavy atom. The highest BCUT2D eigenvalue weighted by atomic mass is 79.9. The summed E-state index contributed by atoms with van der Waals surface area (Å²) in [7, 11) is 0. The van der Waals surface area contributed by atoms with Crippen LogP contribution in [0.15, 0.2) is 46.9 Å². The molecule has 94 valence electrons. The van der Waals surface area contributed by atoms with E-state index in [9.17, 15) is 4.39 Å². The molecule has 0 aliphatic rings. The highest BCUT2D eigenvalue weighted by molar-refractivity contribution is 9.10. The molecule has 1 unspecified atom stereocenters. The van der Waals surface area contributed by atoms with E-state index >= 15 is 0 Å². The molecule has 0 saturated carbocycles. The van der Waals surface area contributed by atoms with E-state index in [0.717, 1.165) is 11.1 Å². The second-order valence-electron chi connectivity index (χ2n) is 4.11. The van der Waals surface area contributed by atoms with Crippen LogP contribution >= 0.6 is 27.5 Å². The van der Waals surface area contributed by atoms with Gasteiger partial charge in [-0.05, 0) is 57.7 Å². The number of halogens is 3. The minimum Gasteiger partial charge on any atom is -0.324 e. The van der Waals surface area contributed by atoms with Crippen molar-refractivity contribution in [2.75, 3.05) is 0 Å². The first-order chi connectivity index (χ1) is 8.56. The van der Waals surface area contributed by atoms with E-state index in [1.165, 1.54) is 6.07 Å². The molecule has 0 spiro atoms. The molecule has 0 fully saturated rings. The number of rotatable bonds is 3. The van der Waals surface area contributed by atoms with E-state index in [-0.39, 0.29) is 11.9 Å². The van der Waals surface area contributed by atoms with Crippen molar-refractivity contribution in [3.05, 3.63) is 68.9 Å². The molecule has 1 atom stereocenters. The van der Waals surface area contributed by atoms with Gasteiger partial charge in [-0.3, -0.25) is 0 Å². The van der Waals surface area contributed by atoms with E-state index in [1.807, 2.05) is 24.3 Å². The maximum atomic E-state index is 13.1. The first-order valence-electron chi connectivity index (χ1n) is 5.51. The minimum atomic E-state index is -0.284. The summed E-state index contributed by atoms with van der Waals surface area (Å²) in [4.78, 5) is 0. The Bertz CT molecular complexity index is 559. The van der Waals surface area contributed by atoms with Crippen molar-refractivity contribution in [1.82, 2.24) is 0 Å². The molecule has 0 amide bonds. The van der Waals surface area contributed by atoms with Gasteiger partial charge in [-0.1, -0.05) is 29.8 Å². The van der Waals surface area contributed by atoms with Crippen LogP contribution in [0.5, 0.6) is 0 Å². The Labute approximate surface area is 119 Å². The molecule has 2 aromatic carbocycles. The standard InChI is InChI=1S/C14H12BrClFN/c15-12-8-10(4-5-13(12)17)14(18)7-9-2-1-3-11(16)6-9/h1-6,8,14H,7,18H2. The van der Waals surface area contributed by atoms with E-state index < -0.39 is 0 Å². The largest absolute Gasteiger partial charge is 0.324 e. The second kappa shape index (κ2) is 5.83. The molecule has 2 N–H and O–H groups in total. The summed E-state index contributed by atoms with van der Waals surface area (Å²) in [6.45, 7) is 0. The first-order valence-corrected chi connectivity index (χ1v) is 6.68. The zero-order valence-corrected chi connectivity index (χ0v) is 11.9. The molecule has 0 aliphatic heterocycles. The topological polar surface area (TPSA) is 26.0 Å². The molecule has 1 nitrogen and oxygen atoms in total. The van der Waals surface area contributed by atoms with Gasteiger partial charge in [-0.15, -0.1) is 0 Å². The van der Waals surface area contributed by atoms with Gasteiger partial charge >= 0.3 is 0 Å². The fourth-order valence-corrected chi connectivity index (χ4v) is 2.39. The number of benzene rings is 2. The molecule has 0 aromatic heterocycles. The van der Waals surface area contributed by atoms with Crippen LogP contribution in [0.3, 0.4) is 0 Å². The SMILES string of the molecule is NC(Cc1cccc(Cl)c1)c1ccc(F)c(Br)c1. The molecule has 2 rings (SSSR count). The lowest BCUT2D eigenvalue weighted by Crippen LogP contribution is -2.13. The molecule has 0 aliphatic carbocycles. The van der Waals surface area contributed by atoms with Crippen molar-refractivity contribution >= 4 is 27.5 Å². The highest BCUT2D eigenvalue weighted by Crippen LogP contribution is 2.23. The van der Waals surface area contributed by atoms with Crippen LogP contribution < -0.4 is 5.73 Å². The summed E-state index contributed by atoms with van der Waals surface area (Å²) in [5, 5.41) is 0.694. The molecular weight excluding hydrogens is 317 g/mol. The fourth-order valence-electron chi connectivity index (χ4n) is 1.78. The molecule has 0 heterocycles. The first kappa shape index (κ1) is 13.5. The van der Waals surface area contributed by atoms with Gasteiger partial charge < -0.3 is 5.73 Å². The lowest BCUT2D eigenvalue weighted by atomic mass is 10.00. The summed E-state index contributed by atoms with van der Waals surface area (Å²) in [5.74, 6) is -0.284. The molecule has 0 radical (unpaired) electrons. The quantitative estimate of drug-likeness (QED) is 0.883. The monoisotopic (exact) mass is 327 g/mol. The van der Waals surface area contributed by atoms with Crippen molar-refractivity contribution in [3.63, 3.8) is 0 Å². The van der Waals surface area contributed by atoms with Crippen LogP contribution in [0.25, 0.3) is 0 Å². The highest BCUT2D eigenvalue weighted by Gasteiger charge is 2.09. The van der Waals surface area contributed by atoms with Crippen molar-refractivity contribution in [1.29, 1.82) is 0 Å². The lowest BCUT2D eigenvalue weighted by molar-refractivity contribution is 0.617. The van der Waals surface area contributed by atoms with Gasteiger partial charge in [-0.25, -0.2) is 4.39 Å². The molecule has 0 bridgehead atoms. The Morgan fingerprint density at radius 3 is 2.67 bits per heavy atom. The lowest BCUT2D eigenvalue weighted by Gasteiger charge is -2.13. The predicted octanol–water partition coefficient (Wildman–Crippen LogP) is 4.48.